The summed E-state index contributed by atoms with van der Waals surface area (Å²) in [5, 5.41) is 12.3. The maximum absolute atomic E-state index is 11.2. The van der Waals surface area contributed by atoms with Crippen molar-refractivity contribution >= 4 is 23.2 Å². The van der Waals surface area contributed by atoms with Crippen LogP contribution in [0.4, 0.5) is 0 Å². The van der Waals surface area contributed by atoms with Crippen molar-refractivity contribution in [1.29, 1.82) is 0 Å². The SMILES string of the molecule is C#CCNC(=O)c1nc(C(=O)O)cs1. The molecule has 72 valence electrons. The second-order valence-corrected chi connectivity index (χ2v) is 3.09. The molecule has 0 spiro atoms. The van der Waals surface area contributed by atoms with Crippen LogP contribution in [-0.2, 0) is 0 Å². The zero-order valence-electron chi connectivity index (χ0n) is 6.98. The highest BCUT2D eigenvalue weighted by Gasteiger charge is 2.13. The minimum Gasteiger partial charge on any atom is -0.476 e. The highest BCUT2D eigenvalue weighted by atomic mass is 32.1. The summed E-state index contributed by atoms with van der Waals surface area (Å²) >= 11 is 0.964. The van der Waals surface area contributed by atoms with E-state index in [2.05, 4.69) is 16.2 Å². The minimum atomic E-state index is -1.16. The van der Waals surface area contributed by atoms with Gasteiger partial charge < -0.3 is 10.4 Å². The number of terminal acetylenes is 1. The van der Waals surface area contributed by atoms with Gasteiger partial charge in [0.15, 0.2) is 10.7 Å². The van der Waals surface area contributed by atoms with Gasteiger partial charge in [-0.3, -0.25) is 4.79 Å². The van der Waals surface area contributed by atoms with Crippen molar-refractivity contribution in [2.75, 3.05) is 6.54 Å². The van der Waals surface area contributed by atoms with Gasteiger partial charge in [0.25, 0.3) is 5.91 Å². The van der Waals surface area contributed by atoms with E-state index in [1.165, 1.54) is 5.38 Å². The number of thiazole rings is 1. The van der Waals surface area contributed by atoms with Crippen molar-refractivity contribution < 1.29 is 14.7 Å². The zero-order chi connectivity index (χ0) is 10.6. The first-order valence-electron chi connectivity index (χ1n) is 3.55. The van der Waals surface area contributed by atoms with Gasteiger partial charge in [0, 0.05) is 5.38 Å². The van der Waals surface area contributed by atoms with Gasteiger partial charge in [0.1, 0.15) is 0 Å². The van der Waals surface area contributed by atoms with Crippen LogP contribution in [0.5, 0.6) is 0 Å². The molecule has 0 atom stereocenters. The molecule has 6 heteroatoms. The summed E-state index contributed by atoms with van der Waals surface area (Å²) in [6.45, 7) is 0.0980. The fraction of sp³-hybridized carbons (Fsp3) is 0.125. The Morgan fingerprint density at radius 2 is 2.43 bits per heavy atom. The summed E-state index contributed by atoms with van der Waals surface area (Å²) in [4.78, 5) is 25.2. The Morgan fingerprint density at radius 3 is 2.93 bits per heavy atom. The minimum absolute atomic E-state index is 0.0950. The van der Waals surface area contributed by atoms with Crippen LogP contribution >= 0.6 is 11.3 Å². The van der Waals surface area contributed by atoms with Gasteiger partial charge in [-0.05, 0) is 0 Å². The maximum atomic E-state index is 11.2. The molecular weight excluding hydrogens is 204 g/mol. The molecule has 14 heavy (non-hydrogen) atoms. The van der Waals surface area contributed by atoms with Crippen molar-refractivity contribution in [3.8, 4) is 12.3 Å². The quantitative estimate of drug-likeness (QED) is 0.699. The molecule has 1 heterocycles. The number of carboxylic acid groups (broad SMARTS) is 1. The van der Waals surface area contributed by atoms with E-state index < -0.39 is 11.9 Å². The Labute approximate surface area is 83.8 Å². The smallest absolute Gasteiger partial charge is 0.355 e. The largest absolute Gasteiger partial charge is 0.476 e. The van der Waals surface area contributed by atoms with Gasteiger partial charge in [0.05, 0.1) is 6.54 Å². The molecular formula is C8H6N2O3S. The Balaban J connectivity index is 2.72. The van der Waals surface area contributed by atoms with E-state index >= 15 is 0 Å². The van der Waals surface area contributed by atoms with Crippen molar-refractivity contribution in [2.45, 2.75) is 0 Å². The van der Waals surface area contributed by atoms with Crippen LogP contribution in [0.25, 0.3) is 0 Å². The molecule has 1 amide bonds. The number of hydrogen-bond donors (Lipinski definition) is 2. The molecule has 0 fully saturated rings. The lowest BCUT2D eigenvalue weighted by Crippen LogP contribution is -2.23. The average Bonchev–Trinajstić information content (AvgIpc) is 2.62. The summed E-state index contributed by atoms with van der Waals surface area (Å²) in [5.74, 6) is 0.613. The summed E-state index contributed by atoms with van der Waals surface area (Å²) in [6.07, 6.45) is 4.93. The molecule has 0 aromatic carbocycles. The number of aromatic carboxylic acids is 1. The highest BCUT2D eigenvalue weighted by molar-refractivity contribution is 7.11. The summed E-state index contributed by atoms with van der Waals surface area (Å²) in [7, 11) is 0. The van der Waals surface area contributed by atoms with Crippen LogP contribution in [0, 0.1) is 12.3 Å². The maximum Gasteiger partial charge on any atom is 0.355 e. The Bertz CT molecular complexity index is 405. The first-order valence-corrected chi connectivity index (χ1v) is 4.43. The number of nitrogens with one attached hydrogen (secondary N) is 1. The molecule has 0 bridgehead atoms. The fourth-order valence-corrected chi connectivity index (χ4v) is 1.39. The fourth-order valence-electron chi connectivity index (χ4n) is 0.683. The van der Waals surface area contributed by atoms with E-state index in [1.54, 1.807) is 0 Å². The zero-order valence-corrected chi connectivity index (χ0v) is 7.80. The molecule has 1 rings (SSSR count). The molecule has 1 aromatic rings. The van der Waals surface area contributed by atoms with Crippen LogP contribution in [0.1, 0.15) is 20.3 Å². The summed E-state index contributed by atoms with van der Waals surface area (Å²) in [6, 6.07) is 0. The standard InChI is InChI=1S/C8H6N2O3S/c1-2-3-9-6(11)7-10-5(4-14-7)8(12)13/h1,4H,3H2,(H,9,11)(H,12,13). The number of aromatic nitrogens is 1. The predicted molar refractivity (Wildman–Crippen MR) is 50.2 cm³/mol. The molecule has 0 aliphatic carbocycles. The summed E-state index contributed by atoms with van der Waals surface area (Å²) in [5.41, 5.74) is -0.138. The van der Waals surface area contributed by atoms with Gasteiger partial charge in [-0.1, -0.05) is 5.92 Å². The number of carboxylic acids is 1. The first kappa shape index (κ1) is 10.2. The lowest BCUT2D eigenvalue weighted by molar-refractivity contribution is 0.0691. The van der Waals surface area contributed by atoms with E-state index in [0.717, 1.165) is 11.3 Å². The number of carbonyl (C=O) groups is 2. The van der Waals surface area contributed by atoms with E-state index in [1.807, 2.05) is 0 Å². The molecule has 1 aromatic heterocycles. The van der Waals surface area contributed by atoms with Crippen molar-refractivity contribution in [1.82, 2.24) is 10.3 Å². The lowest BCUT2D eigenvalue weighted by atomic mass is 10.5. The van der Waals surface area contributed by atoms with Crippen LogP contribution in [0.3, 0.4) is 0 Å². The molecule has 0 unspecified atom stereocenters. The van der Waals surface area contributed by atoms with Gasteiger partial charge in [-0.15, -0.1) is 17.8 Å². The monoisotopic (exact) mass is 210 g/mol. The van der Waals surface area contributed by atoms with E-state index in [4.69, 9.17) is 11.5 Å². The van der Waals surface area contributed by atoms with Crippen LogP contribution in [0.2, 0.25) is 0 Å². The Hall–Kier alpha value is -1.87. The Morgan fingerprint density at radius 1 is 1.71 bits per heavy atom. The molecule has 0 saturated carbocycles. The van der Waals surface area contributed by atoms with Gasteiger partial charge in [-0.2, -0.15) is 0 Å². The first-order chi connectivity index (χ1) is 6.65. The number of carbonyl (C=O) groups excluding carboxylic acids is 1. The number of amides is 1. The third kappa shape index (κ3) is 2.31. The lowest BCUT2D eigenvalue weighted by Gasteiger charge is -1.94. The highest BCUT2D eigenvalue weighted by Crippen LogP contribution is 2.09. The van der Waals surface area contributed by atoms with Crippen LogP contribution in [0.15, 0.2) is 5.38 Å². The van der Waals surface area contributed by atoms with Crippen LogP contribution < -0.4 is 5.32 Å². The third-order valence-corrected chi connectivity index (χ3v) is 2.11. The van der Waals surface area contributed by atoms with Gasteiger partial charge in [0.2, 0.25) is 0 Å². The normalized spacial score (nSPS) is 9.07. The van der Waals surface area contributed by atoms with E-state index in [9.17, 15) is 9.59 Å². The number of nitrogens with zero attached hydrogens (tertiary/aromatic N) is 1. The summed E-state index contributed by atoms with van der Waals surface area (Å²) < 4.78 is 0. The molecule has 2 N–H and O–H groups in total. The predicted octanol–water partition coefficient (Wildman–Crippen LogP) is 0.204. The molecule has 0 aliphatic rings. The van der Waals surface area contributed by atoms with Crippen LogP contribution in [-0.4, -0.2) is 28.5 Å². The number of hydrogen-bond acceptors (Lipinski definition) is 4. The van der Waals surface area contributed by atoms with Crippen molar-refractivity contribution in [3.05, 3.63) is 16.1 Å². The van der Waals surface area contributed by atoms with Crippen molar-refractivity contribution in [2.24, 2.45) is 0 Å². The van der Waals surface area contributed by atoms with Gasteiger partial charge >= 0.3 is 5.97 Å². The Kier molecular flexibility index (Phi) is 3.20. The van der Waals surface area contributed by atoms with Gasteiger partial charge in [-0.25, -0.2) is 9.78 Å². The second kappa shape index (κ2) is 4.39. The average molecular weight is 210 g/mol. The van der Waals surface area contributed by atoms with Crippen molar-refractivity contribution in [3.63, 3.8) is 0 Å². The topological polar surface area (TPSA) is 79.3 Å². The second-order valence-electron chi connectivity index (χ2n) is 2.23. The molecule has 5 nitrogen and oxygen atoms in total. The molecule has 0 radical (unpaired) electrons. The van der Waals surface area contributed by atoms with E-state index in [0.29, 0.717) is 0 Å². The molecule has 0 aliphatic heterocycles. The molecule has 0 saturated heterocycles. The number of rotatable bonds is 3. The third-order valence-electron chi connectivity index (χ3n) is 1.27. The van der Waals surface area contributed by atoms with E-state index in [-0.39, 0.29) is 17.2 Å².